The standard InChI is InChI=1S/C10H14/c1-5-3-10-8-2-6(8)4-9(10)7(1)5/h5-10H,1-4H2. The molecule has 54 valence electrons. The van der Waals surface area contributed by atoms with Crippen molar-refractivity contribution in [3.8, 4) is 0 Å². The van der Waals surface area contributed by atoms with Crippen LogP contribution in [-0.2, 0) is 0 Å². The molecule has 4 saturated carbocycles. The first-order valence-corrected chi connectivity index (χ1v) is 4.93. The Hall–Kier alpha value is 0. The highest BCUT2D eigenvalue weighted by Crippen LogP contribution is 2.72. The molecule has 0 aliphatic heterocycles. The van der Waals surface area contributed by atoms with E-state index in [0.29, 0.717) is 0 Å². The van der Waals surface area contributed by atoms with Crippen molar-refractivity contribution in [2.75, 3.05) is 0 Å². The van der Waals surface area contributed by atoms with Gasteiger partial charge in [0.25, 0.3) is 0 Å². The summed E-state index contributed by atoms with van der Waals surface area (Å²) in [6, 6.07) is 0. The van der Waals surface area contributed by atoms with Gasteiger partial charge in [0.05, 0.1) is 0 Å². The van der Waals surface area contributed by atoms with E-state index >= 15 is 0 Å². The maximum absolute atomic E-state index is 1.65. The second-order valence-electron chi connectivity index (χ2n) is 5.12. The molecule has 0 N–H and O–H groups in total. The van der Waals surface area contributed by atoms with E-state index in [4.69, 9.17) is 0 Å². The molecule has 0 bridgehead atoms. The lowest BCUT2D eigenvalue weighted by molar-refractivity contribution is 0.341. The zero-order chi connectivity index (χ0) is 6.29. The third-order valence-electron chi connectivity index (χ3n) is 4.75. The molecule has 6 unspecified atom stereocenters. The molecule has 0 heteroatoms. The Labute approximate surface area is 62.0 Å². The quantitative estimate of drug-likeness (QED) is 0.477. The van der Waals surface area contributed by atoms with Crippen LogP contribution in [0.1, 0.15) is 25.7 Å². The summed E-state index contributed by atoms with van der Waals surface area (Å²) in [4.78, 5) is 0. The van der Waals surface area contributed by atoms with Crippen LogP contribution >= 0.6 is 0 Å². The zero-order valence-electron chi connectivity index (χ0n) is 6.29. The minimum absolute atomic E-state index is 1.23. The molecular weight excluding hydrogens is 120 g/mol. The molecule has 0 aromatic heterocycles. The molecule has 0 amide bonds. The fraction of sp³-hybridized carbons (Fsp3) is 1.00. The van der Waals surface area contributed by atoms with Gasteiger partial charge in [0.2, 0.25) is 0 Å². The van der Waals surface area contributed by atoms with Crippen molar-refractivity contribution >= 4 is 0 Å². The van der Waals surface area contributed by atoms with Crippen molar-refractivity contribution in [1.29, 1.82) is 0 Å². The highest BCUT2D eigenvalue weighted by Gasteiger charge is 2.64. The van der Waals surface area contributed by atoms with Crippen LogP contribution in [0.5, 0.6) is 0 Å². The predicted octanol–water partition coefficient (Wildman–Crippen LogP) is 2.30. The first-order valence-electron chi connectivity index (χ1n) is 4.93. The summed E-state index contributed by atoms with van der Waals surface area (Å²) in [5.41, 5.74) is 0. The second kappa shape index (κ2) is 1.19. The molecular formula is C10H14. The van der Waals surface area contributed by atoms with Gasteiger partial charge in [-0.05, 0) is 61.2 Å². The van der Waals surface area contributed by atoms with Crippen molar-refractivity contribution in [2.24, 2.45) is 35.5 Å². The molecule has 0 saturated heterocycles. The highest BCUT2D eigenvalue weighted by atomic mass is 14.7. The molecule has 0 spiro atoms. The number of fused-ring (bicyclic) bond motifs is 5. The summed E-state index contributed by atoms with van der Waals surface area (Å²) in [5.74, 6) is 7.45. The summed E-state index contributed by atoms with van der Waals surface area (Å²) >= 11 is 0. The number of hydrogen-bond acceptors (Lipinski definition) is 0. The van der Waals surface area contributed by atoms with E-state index in [1.807, 2.05) is 0 Å². The third kappa shape index (κ3) is 0.383. The summed E-state index contributed by atoms with van der Waals surface area (Å²) in [6.45, 7) is 0. The van der Waals surface area contributed by atoms with E-state index in [9.17, 15) is 0 Å². The van der Waals surface area contributed by atoms with Crippen LogP contribution in [0.4, 0.5) is 0 Å². The lowest BCUT2D eigenvalue weighted by Crippen LogP contribution is -2.08. The van der Waals surface area contributed by atoms with Crippen LogP contribution in [0.25, 0.3) is 0 Å². The van der Waals surface area contributed by atoms with Crippen LogP contribution < -0.4 is 0 Å². The predicted molar refractivity (Wildman–Crippen MR) is 39.4 cm³/mol. The van der Waals surface area contributed by atoms with Crippen LogP contribution in [0, 0.1) is 35.5 Å². The molecule has 4 fully saturated rings. The van der Waals surface area contributed by atoms with Gasteiger partial charge in [-0.25, -0.2) is 0 Å². The maximum Gasteiger partial charge on any atom is -0.0349 e. The van der Waals surface area contributed by atoms with Gasteiger partial charge >= 0.3 is 0 Å². The first kappa shape index (κ1) is 4.79. The first-order chi connectivity index (χ1) is 4.93. The van der Waals surface area contributed by atoms with Gasteiger partial charge in [0, 0.05) is 0 Å². The molecule has 0 aromatic carbocycles. The monoisotopic (exact) mass is 134 g/mol. The molecule has 0 aromatic rings. The lowest BCUT2D eigenvalue weighted by Gasteiger charge is -2.15. The summed E-state index contributed by atoms with van der Waals surface area (Å²) in [5, 5.41) is 0. The Bertz CT molecular complexity index is 174. The average molecular weight is 134 g/mol. The average Bonchev–Trinajstić information content (AvgIpc) is 2.76. The van der Waals surface area contributed by atoms with Crippen molar-refractivity contribution in [3.63, 3.8) is 0 Å². The zero-order valence-corrected chi connectivity index (χ0v) is 6.29. The van der Waals surface area contributed by atoms with Crippen LogP contribution in [0.15, 0.2) is 0 Å². The van der Waals surface area contributed by atoms with Gasteiger partial charge in [-0.2, -0.15) is 0 Å². The minimum atomic E-state index is 1.23. The smallest absolute Gasteiger partial charge is 0.0349 e. The fourth-order valence-electron chi connectivity index (χ4n) is 4.17. The Morgan fingerprint density at radius 3 is 1.40 bits per heavy atom. The van der Waals surface area contributed by atoms with Gasteiger partial charge in [-0.15, -0.1) is 0 Å². The largest absolute Gasteiger partial charge is 0.0468 e. The van der Waals surface area contributed by atoms with E-state index in [1.165, 1.54) is 35.5 Å². The number of rotatable bonds is 0. The highest BCUT2D eigenvalue weighted by molar-refractivity contribution is 5.13. The molecule has 10 heavy (non-hydrogen) atoms. The van der Waals surface area contributed by atoms with Gasteiger partial charge in [-0.1, -0.05) is 0 Å². The Kier molecular flexibility index (Phi) is 0.570. The normalized spacial score (nSPS) is 74.4. The molecule has 4 aliphatic carbocycles. The lowest BCUT2D eigenvalue weighted by atomic mass is 9.90. The van der Waals surface area contributed by atoms with Crippen LogP contribution in [0.2, 0.25) is 0 Å². The topological polar surface area (TPSA) is 0 Å². The van der Waals surface area contributed by atoms with Gasteiger partial charge < -0.3 is 0 Å². The second-order valence-corrected chi connectivity index (χ2v) is 5.12. The fourth-order valence-corrected chi connectivity index (χ4v) is 4.17. The molecule has 0 heterocycles. The van der Waals surface area contributed by atoms with Crippen molar-refractivity contribution < 1.29 is 0 Å². The summed E-state index contributed by atoms with van der Waals surface area (Å²) < 4.78 is 0. The van der Waals surface area contributed by atoms with Gasteiger partial charge in [0.1, 0.15) is 0 Å². The third-order valence-corrected chi connectivity index (χ3v) is 4.75. The maximum atomic E-state index is 1.65. The van der Waals surface area contributed by atoms with Crippen LogP contribution in [0.3, 0.4) is 0 Å². The molecule has 0 nitrogen and oxygen atoms in total. The van der Waals surface area contributed by atoms with Gasteiger partial charge in [-0.3, -0.25) is 0 Å². The van der Waals surface area contributed by atoms with E-state index in [-0.39, 0.29) is 0 Å². The molecule has 4 aliphatic rings. The van der Waals surface area contributed by atoms with E-state index in [1.54, 1.807) is 25.7 Å². The van der Waals surface area contributed by atoms with E-state index in [2.05, 4.69) is 0 Å². The van der Waals surface area contributed by atoms with E-state index in [0.717, 1.165) is 0 Å². The molecule has 0 radical (unpaired) electrons. The Morgan fingerprint density at radius 2 is 0.900 bits per heavy atom. The molecule has 6 atom stereocenters. The Balaban J connectivity index is 1.75. The summed E-state index contributed by atoms with van der Waals surface area (Å²) in [7, 11) is 0. The Morgan fingerprint density at radius 1 is 0.500 bits per heavy atom. The molecule has 4 rings (SSSR count). The van der Waals surface area contributed by atoms with Gasteiger partial charge in [0.15, 0.2) is 0 Å². The van der Waals surface area contributed by atoms with Crippen LogP contribution in [-0.4, -0.2) is 0 Å². The number of hydrogen-bond donors (Lipinski definition) is 0. The van der Waals surface area contributed by atoms with Crippen molar-refractivity contribution in [3.05, 3.63) is 0 Å². The van der Waals surface area contributed by atoms with E-state index < -0.39 is 0 Å². The minimum Gasteiger partial charge on any atom is -0.0468 e. The SMILES string of the molecule is C1C2CC3C4CC4CC3C12. The van der Waals surface area contributed by atoms with Crippen molar-refractivity contribution in [2.45, 2.75) is 25.7 Å². The van der Waals surface area contributed by atoms with Crippen molar-refractivity contribution in [1.82, 2.24) is 0 Å². The summed E-state index contributed by atoms with van der Waals surface area (Å²) in [6.07, 6.45) is 6.55.